The fourth-order valence-corrected chi connectivity index (χ4v) is 3.74. The molecule has 0 saturated carbocycles. The van der Waals surface area contributed by atoms with Gasteiger partial charge in [0.15, 0.2) is 16.6 Å². The number of hydrogen-bond acceptors (Lipinski definition) is 7. The van der Waals surface area contributed by atoms with Gasteiger partial charge in [-0.05, 0) is 30.5 Å². The number of para-hydroxylation sites is 1. The van der Waals surface area contributed by atoms with Crippen LogP contribution in [-0.4, -0.2) is 22.3 Å². The number of fused-ring (bicyclic) bond motifs is 1. The van der Waals surface area contributed by atoms with E-state index in [-0.39, 0.29) is 11.6 Å². The molecule has 120 valence electrons. The van der Waals surface area contributed by atoms with Gasteiger partial charge in [0.1, 0.15) is 0 Å². The Balaban J connectivity index is 1.58. The third-order valence-electron chi connectivity index (χ3n) is 3.33. The lowest BCUT2D eigenvalue weighted by molar-refractivity contribution is 0.101. The highest BCUT2D eigenvalue weighted by Crippen LogP contribution is 2.32. The van der Waals surface area contributed by atoms with E-state index in [2.05, 4.69) is 15.5 Å². The van der Waals surface area contributed by atoms with Gasteiger partial charge in [-0.1, -0.05) is 22.6 Å². The molecule has 1 amide bonds. The maximum Gasteiger partial charge on any atom is 0.279 e. The van der Waals surface area contributed by atoms with E-state index in [4.69, 9.17) is 8.94 Å². The molecule has 0 spiro atoms. The van der Waals surface area contributed by atoms with E-state index in [0.717, 1.165) is 15.1 Å². The van der Waals surface area contributed by atoms with Crippen LogP contribution in [0.2, 0.25) is 0 Å². The van der Waals surface area contributed by atoms with E-state index in [1.54, 1.807) is 23.9 Å². The molecule has 0 saturated heterocycles. The molecule has 0 aliphatic rings. The van der Waals surface area contributed by atoms with Crippen LogP contribution in [0, 0.1) is 0 Å². The lowest BCUT2D eigenvalue weighted by atomic mass is 10.3. The van der Waals surface area contributed by atoms with Crippen LogP contribution >= 0.6 is 23.1 Å². The highest BCUT2D eigenvalue weighted by Gasteiger charge is 2.17. The number of carbonyl (C=O) groups is 1. The summed E-state index contributed by atoms with van der Waals surface area (Å²) in [5, 5.41) is 7.07. The van der Waals surface area contributed by atoms with E-state index < -0.39 is 0 Å². The molecular weight excluding hydrogens is 346 g/mol. The predicted octanol–water partition coefficient (Wildman–Crippen LogP) is 4.52. The highest BCUT2D eigenvalue weighted by atomic mass is 32.2. The lowest BCUT2D eigenvalue weighted by Crippen LogP contribution is -2.11. The summed E-state index contributed by atoms with van der Waals surface area (Å²) in [7, 11) is 0. The Kier molecular flexibility index (Phi) is 3.83. The van der Waals surface area contributed by atoms with Crippen LogP contribution in [0.25, 0.3) is 21.7 Å². The Morgan fingerprint density at radius 2 is 2.17 bits per heavy atom. The van der Waals surface area contributed by atoms with E-state index in [9.17, 15) is 4.79 Å². The number of nitrogens with zero attached hydrogens (tertiary/aromatic N) is 2. The van der Waals surface area contributed by atoms with Gasteiger partial charge >= 0.3 is 0 Å². The molecule has 0 atom stereocenters. The standard InChI is InChI=1S/C16H11N3O3S2/c1-23-12-5-2-6-13-14(12)17-16(24-13)18-15(20)9-8-11(22-19-9)10-4-3-7-21-10/h2-8H,1H3,(H,17,18,20). The summed E-state index contributed by atoms with van der Waals surface area (Å²) in [5.74, 6) is 0.548. The second-order valence-electron chi connectivity index (χ2n) is 4.83. The van der Waals surface area contributed by atoms with E-state index in [1.165, 1.54) is 23.7 Å². The third kappa shape index (κ3) is 2.70. The normalized spacial score (nSPS) is 11.0. The van der Waals surface area contributed by atoms with Crippen molar-refractivity contribution in [2.24, 2.45) is 0 Å². The van der Waals surface area contributed by atoms with Gasteiger partial charge in [-0.3, -0.25) is 10.1 Å². The minimum atomic E-state index is -0.374. The third-order valence-corrected chi connectivity index (χ3v) is 5.03. The number of aromatic nitrogens is 2. The summed E-state index contributed by atoms with van der Waals surface area (Å²) in [6.07, 6.45) is 3.53. The second-order valence-corrected chi connectivity index (χ2v) is 6.71. The summed E-state index contributed by atoms with van der Waals surface area (Å²) < 4.78 is 11.4. The predicted molar refractivity (Wildman–Crippen MR) is 93.6 cm³/mol. The first-order valence-corrected chi connectivity index (χ1v) is 9.04. The maximum atomic E-state index is 12.3. The van der Waals surface area contributed by atoms with Crippen molar-refractivity contribution < 1.29 is 13.7 Å². The number of furan rings is 1. The van der Waals surface area contributed by atoms with Gasteiger partial charge in [-0.2, -0.15) is 0 Å². The van der Waals surface area contributed by atoms with Crippen molar-refractivity contribution in [3.63, 3.8) is 0 Å². The van der Waals surface area contributed by atoms with Crippen LogP contribution in [0.4, 0.5) is 5.13 Å². The number of hydrogen-bond donors (Lipinski definition) is 1. The molecule has 0 unspecified atom stereocenters. The van der Waals surface area contributed by atoms with Crippen molar-refractivity contribution in [2.75, 3.05) is 11.6 Å². The van der Waals surface area contributed by atoms with Gasteiger partial charge in [0.05, 0.1) is 16.5 Å². The number of benzene rings is 1. The molecule has 8 heteroatoms. The first-order valence-electron chi connectivity index (χ1n) is 7.00. The van der Waals surface area contributed by atoms with Crippen LogP contribution < -0.4 is 5.32 Å². The molecule has 4 aromatic rings. The van der Waals surface area contributed by atoms with Crippen molar-refractivity contribution in [2.45, 2.75) is 4.90 Å². The Bertz CT molecular complexity index is 1000. The fourth-order valence-electron chi connectivity index (χ4n) is 2.22. The Morgan fingerprint density at radius 3 is 2.96 bits per heavy atom. The number of nitrogens with one attached hydrogen (secondary N) is 1. The first kappa shape index (κ1) is 15.0. The molecule has 0 fully saturated rings. The Hall–Kier alpha value is -2.58. The average molecular weight is 357 g/mol. The first-order chi connectivity index (χ1) is 11.7. The molecule has 1 N–H and O–H groups in total. The lowest BCUT2D eigenvalue weighted by Gasteiger charge is -1.96. The van der Waals surface area contributed by atoms with Gasteiger partial charge in [0.25, 0.3) is 5.91 Å². The zero-order valence-corrected chi connectivity index (χ0v) is 14.1. The second kappa shape index (κ2) is 6.14. The van der Waals surface area contributed by atoms with Gasteiger partial charge < -0.3 is 8.94 Å². The summed E-state index contributed by atoms with van der Waals surface area (Å²) in [4.78, 5) is 17.9. The van der Waals surface area contributed by atoms with Gasteiger partial charge in [0.2, 0.25) is 5.76 Å². The van der Waals surface area contributed by atoms with Crippen LogP contribution in [0.15, 0.2) is 56.5 Å². The molecule has 0 bridgehead atoms. The van der Waals surface area contributed by atoms with E-state index in [0.29, 0.717) is 16.7 Å². The molecule has 0 radical (unpaired) electrons. The van der Waals surface area contributed by atoms with Crippen molar-refractivity contribution in [3.05, 3.63) is 48.4 Å². The van der Waals surface area contributed by atoms with Crippen molar-refractivity contribution in [1.82, 2.24) is 10.1 Å². The molecule has 3 aromatic heterocycles. The number of thioether (sulfide) groups is 1. The van der Waals surface area contributed by atoms with Crippen LogP contribution in [0.3, 0.4) is 0 Å². The van der Waals surface area contributed by atoms with Crippen LogP contribution in [0.1, 0.15) is 10.5 Å². The molecule has 24 heavy (non-hydrogen) atoms. The van der Waals surface area contributed by atoms with Crippen molar-refractivity contribution in [3.8, 4) is 11.5 Å². The number of thiazole rings is 1. The molecule has 6 nitrogen and oxygen atoms in total. The molecule has 0 aliphatic carbocycles. The Morgan fingerprint density at radius 1 is 1.25 bits per heavy atom. The molecule has 4 rings (SSSR count). The van der Waals surface area contributed by atoms with Crippen LogP contribution in [0.5, 0.6) is 0 Å². The number of amides is 1. The van der Waals surface area contributed by atoms with Crippen molar-refractivity contribution >= 4 is 44.4 Å². The molecule has 3 heterocycles. The topological polar surface area (TPSA) is 81.2 Å². The zero-order valence-electron chi connectivity index (χ0n) is 12.5. The van der Waals surface area contributed by atoms with E-state index >= 15 is 0 Å². The van der Waals surface area contributed by atoms with Crippen LogP contribution in [-0.2, 0) is 0 Å². The quantitative estimate of drug-likeness (QED) is 0.541. The molecule has 0 aliphatic heterocycles. The summed E-state index contributed by atoms with van der Waals surface area (Å²) in [6, 6.07) is 11.0. The minimum absolute atomic E-state index is 0.172. The maximum absolute atomic E-state index is 12.3. The monoisotopic (exact) mass is 357 g/mol. The SMILES string of the molecule is CSc1cccc2sc(NC(=O)c3cc(-c4ccco4)on3)nc12. The number of carbonyl (C=O) groups excluding carboxylic acids is 1. The van der Waals surface area contributed by atoms with Crippen molar-refractivity contribution in [1.29, 1.82) is 0 Å². The Labute approximate surface area is 144 Å². The minimum Gasteiger partial charge on any atom is -0.461 e. The summed E-state index contributed by atoms with van der Waals surface area (Å²) >= 11 is 3.04. The number of rotatable bonds is 4. The largest absolute Gasteiger partial charge is 0.461 e. The number of anilines is 1. The molecular formula is C16H11N3O3S2. The molecule has 1 aromatic carbocycles. The highest BCUT2D eigenvalue weighted by molar-refractivity contribution is 7.98. The average Bonchev–Trinajstić information content (AvgIpc) is 3.32. The summed E-state index contributed by atoms with van der Waals surface area (Å²) in [6.45, 7) is 0. The smallest absolute Gasteiger partial charge is 0.279 e. The fraction of sp³-hybridized carbons (Fsp3) is 0.0625. The zero-order chi connectivity index (χ0) is 16.5. The van der Waals surface area contributed by atoms with Gasteiger partial charge in [0, 0.05) is 11.0 Å². The van der Waals surface area contributed by atoms with E-state index in [1.807, 2.05) is 24.5 Å². The van der Waals surface area contributed by atoms with Gasteiger partial charge in [-0.25, -0.2) is 4.98 Å². The summed E-state index contributed by atoms with van der Waals surface area (Å²) in [5.41, 5.74) is 1.06. The van der Waals surface area contributed by atoms with Gasteiger partial charge in [-0.15, -0.1) is 11.8 Å².